The number of nitrogens with zero attached hydrogens (tertiary/aromatic N) is 7. The molecule has 0 aliphatic carbocycles. The van der Waals surface area contributed by atoms with Crippen LogP contribution in [0.3, 0.4) is 0 Å². The van der Waals surface area contributed by atoms with Crippen LogP contribution in [0.5, 0.6) is 0 Å². The van der Waals surface area contributed by atoms with Crippen molar-refractivity contribution in [3.8, 4) is 33.9 Å². The molecule has 258 valence electrons. The molecule has 0 unspecified atom stereocenters. The first-order chi connectivity index (χ1) is 25.8. The second kappa shape index (κ2) is 15.2. The van der Waals surface area contributed by atoms with E-state index in [1.807, 2.05) is 97.9 Å². The van der Waals surface area contributed by atoms with Gasteiger partial charge < -0.3 is 17.2 Å². The zero-order valence-corrected chi connectivity index (χ0v) is 28.6. The molecule has 9 aromatic rings. The fourth-order valence-electron chi connectivity index (χ4n) is 5.63. The normalized spacial score (nSPS) is 10.7. The van der Waals surface area contributed by atoms with Crippen molar-refractivity contribution in [2.45, 2.75) is 6.92 Å². The lowest BCUT2D eigenvalue weighted by atomic mass is 10.1. The largest absolute Gasteiger partial charge is 0.398 e. The molecule has 0 spiro atoms. The van der Waals surface area contributed by atoms with Crippen LogP contribution >= 0.6 is 0 Å². The highest BCUT2D eigenvalue weighted by Crippen LogP contribution is 2.28. The van der Waals surface area contributed by atoms with E-state index < -0.39 is 0 Å². The first-order valence-corrected chi connectivity index (χ1v) is 16.6. The molecule has 6 N–H and O–H groups in total. The lowest BCUT2D eigenvalue weighted by Gasteiger charge is -2.06. The Bertz CT molecular complexity index is 2700. The maximum Gasteiger partial charge on any atom is 0.161 e. The van der Waals surface area contributed by atoms with Crippen LogP contribution in [-0.4, -0.2) is 34.9 Å². The molecular formula is C42H33FN10. The Morgan fingerprint density at radius 3 is 1.49 bits per heavy atom. The topological polar surface area (TPSA) is 168 Å². The number of halogens is 1. The number of hydrogen-bond donors (Lipinski definition) is 3. The summed E-state index contributed by atoms with van der Waals surface area (Å²) in [5.41, 5.74) is 27.1. The number of fused-ring (bicyclic) bond motifs is 3. The van der Waals surface area contributed by atoms with Gasteiger partial charge in [0.25, 0.3) is 0 Å². The fraction of sp³-hybridized carbons (Fsp3) is 0.0238. The van der Waals surface area contributed by atoms with Crippen LogP contribution in [-0.2, 0) is 0 Å². The van der Waals surface area contributed by atoms with Gasteiger partial charge >= 0.3 is 0 Å². The van der Waals surface area contributed by atoms with Crippen LogP contribution in [0.2, 0.25) is 0 Å². The van der Waals surface area contributed by atoms with E-state index in [1.54, 1.807) is 48.9 Å². The summed E-state index contributed by atoms with van der Waals surface area (Å²) in [7, 11) is 0. The van der Waals surface area contributed by atoms with E-state index in [1.165, 1.54) is 6.07 Å². The van der Waals surface area contributed by atoms with E-state index >= 15 is 0 Å². The van der Waals surface area contributed by atoms with Crippen LogP contribution in [0.15, 0.2) is 146 Å². The fourth-order valence-corrected chi connectivity index (χ4v) is 5.63. The van der Waals surface area contributed by atoms with Gasteiger partial charge in [0, 0.05) is 68.6 Å². The SMILES string of the molecule is Cc1cccc(-c2cc(N)c3cccnc3n2)n1.Nc1cc(-c2ccccc2)nc2ncccc12.Nc1cc(-c2ccccc2F)nc2ncccc12. The summed E-state index contributed by atoms with van der Waals surface area (Å²) in [4.78, 5) is 30.4. The summed E-state index contributed by atoms with van der Waals surface area (Å²) in [6.45, 7) is 1.95. The molecule has 0 saturated heterocycles. The molecule has 0 aliphatic rings. The van der Waals surface area contributed by atoms with E-state index in [2.05, 4.69) is 34.9 Å². The number of hydrogen-bond acceptors (Lipinski definition) is 10. The molecule has 11 heteroatoms. The summed E-state index contributed by atoms with van der Waals surface area (Å²) in [5.74, 6) is -0.320. The molecule has 0 atom stereocenters. The van der Waals surface area contributed by atoms with Gasteiger partial charge in [-0.25, -0.2) is 34.3 Å². The maximum absolute atomic E-state index is 13.7. The molecule has 2 aromatic carbocycles. The molecule has 10 nitrogen and oxygen atoms in total. The molecular weight excluding hydrogens is 664 g/mol. The Morgan fingerprint density at radius 2 is 0.925 bits per heavy atom. The number of rotatable bonds is 3. The Morgan fingerprint density at radius 1 is 0.434 bits per heavy atom. The zero-order chi connectivity index (χ0) is 36.7. The van der Waals surface area contributed by atoms with Crippen LogP contribution in [0, 0.1) is 12.7 Å². The average Bonchev–Trinajstić information content (AvgIpc) is 3.19. The summed E-state index contributed by atoms with van der Waals surface area (Å²) in [6.07, 6.45) is 5.08. The second-order valence-corrected chi connectivity index (χ2v) is 11.9. The quantitative estimate of drug-likeness (QED) is 0.163. The maximum atomic E-state index is 13.7. The summed E-state index contributed by atoms with van der Waals surface area (Å²) < 4.78 is 13.7. The van der Waals surface area contributed by atoms with Crippen molar-refractivity contribution in [2.24, 2.45) is 0 Å². The Labute approximate surface area is 304 Å². The number of nitrogens with two attached hydrogens (primary N) is 3. The van der Waals surface area contributed by atoms with Gasteiger partial charge in [0.2, 0.25) is 0 Å². The number of pyridine rings is 7. The van der Waals surface area contributed by atoms with Gasteiger partial charge in [-0.3, -0.25) is 4.98 Å². The summed E-state index contributed by atoms with van der Waals surface area (Å²) >= 11 is 0. The van der Waals surface area contributed by atoms with E-state index in [4.69, 9.17) is 17.2 Å². The smallest absolute Gasteiger partial charge is 0.161 e. The van der Waals surface area contributed by atoms with Gasteiger partial charge in [-0.05, 0) is 85.8 Å². The number of aryl methyl sites for hydroxylation is 1. The van der Waals surface area contributed by atoms with Crippen LogP contribution in [0.25, 0.3) is 67.0 Å². The predicted molar refractivity (Wildman–Crippen MR) is 211 cm³/mol. The molecule has 0 amide bonds. The van der Waals surface area contributed by atoms with E-state index in [0.29, 0.717) is 45.3 Å². The van der Waals surface area contributed by atoms with Gasteiger partial charge in [0.15, 0.2) is 16.9 Å². The number of benzene rings is 2. The molecule has 9 rings (SSSR count). The third-order valence-electron chi connectivity index (χ3n) is 8.22. The highest BCUT2D eigenvalue weighted by molar-refractivity contribution is 5.92. The minimum absolute atomic E-state index is 0.320. The number of anilines is 3. The van der Waals surface area contributed by atoms with Gasteiger partial charge in [-0.1, -0.05) is 48.5 Å². The predicted octanol–water partition coefficient (Wildman–Crippen LogP) is 8.48. The van der Waals surface area contributed by atoms with Gasteiger partial charge in [0.05, 0.1) is 22.8 Å². The minimum Gasteiger partial charge on any atom is -0.398 e. The van der Waals surface area contributed by atoms with Crippen molar-refractivity contribution in [3.63, 3.8) is 0 Å². The third-order valence-corrected chi connectivity index (χ3v) is 8.22. The van der Waals surface area contributed by atoms with Gasteiger partial charge in [-0.15, -0.1) is 0 Å². The number of nitrogen functional groups attached to an aromatic ring is 3. The van der Waals surface area contributed by atoms with Crippen molar-refractivity contribution in [1.82, 2.24) is 34.9 Å². The van der Waals surface area contributed by atoms with Crippen LogP contribution in [0.4, 0.5) is 21.5 Å². The molecule has 7 aromatic heterocycles. The van der Waals surface area contributed by atoms with Crippen molar-refractivity contribution >= 4 is 50.2 Å². The molecule has 0 bridgehead atoms. The van der Waals surface area contributed by atoms with Crippen molar-refractivity contribution in [1.29, 1.82) is 0 Å². The van der Waals surface area contributed by atoms with Crippen molar-refractivity contribution in [3.05, 3.63) is 157 Å². The standard InChI is InChI=1S/C14H10FN3.C14H12N4.C14H11N3/c15-11-6-2-1-4-9(11)13-8-12(16)10-5-3-7-17-14(10)18-13;1-9-4-2-6-12(17-9)13-8-11(15)10-5-3-7-16-14(10)18-13;15-12-9-13(10-5-2-1-3-6-10)17-14-11(12)7-4-8-16-14/h1-8H,(H2,16,17,18);2-8H,1H3,(H2,15,16,18);1-9H,(H2,15,16,17). The molecule has 7 heterocycles. The van der Waals surface area contributed by atoms with Gasteiger partial charge in [0.1, 0.15) is 5.82 Å². The Hall–Kier alpha value is -7.40. The van der Waals surface area contributed by atoms with E-state index in [-0.39, 0.29) is 5.82 Å². The first-order valence-electron chi connectivity index (χ1n) is 16.6. The second-order valence-electron chi connectivity index (χ2n) is 11.9. The molecule has 0 radical (unpaired) electrons. The lowest BCUT2D eigenvalue weighted by molar-refractivity contribution is 0.631. The minimum atomic E-state index is -0.320. The zero-order valence-electron chi connectivity index (χ0n) is 28.6. The van der Waals surface area contributed by atoms with Crippen LogP contribution in [0.1, 0.15) is 5.69 Å². The Balaban J connectivity index is 0.000000123. The number of aromatic nitrogens is 7. The first kappa shape index (κ1) is 34.1. The molecule has 0 aliphatic heterocycles. The van der Waals surface area contributed by atoms with Crippen molar-refractivity contribution in [2.75, 3.05) is 17.2 Å². The average molecular weight is 697 g/mol. The summed E-state index contributed by atoms with van der Waals surface area (Å²) in [6, 6.07) is 38.9. The molecule has 53 heavy (non-hydrogen) atoms. The van der Waals surface area contributed by atoms with Crippen LogP contribution < -0.4 is 17.2 Å². The van der Waals surface area contributed by atoms with E-state index in [9.17, 15) is 4.39 Å². The molecule has 0 saturated carbocycles. The lowest BCUT2D eigenvalue weighted by Crippen LogP contribution is -1.95. The van der Waals surface area contributed by atoms with Gasteiger partial charge in [-0.2, -0.15) is 0 Å². The monoisotopic (exact) mass is 696 g/mol. The summed E-state index contributed by atoms with van der Waals surface area (Å²) in [5, 5.41) is 2.54. The molecule has 0 fully saturated rings. The van der Waals surface area contributed by atoms with Crippen molar-refractivity contribution < 1.29 is 4.39 Å². The Kier molecular flexibility index (Phi) is 9.79. The third kappa shape index (κ3) is 7.69. The van der Waals surface area contributed by atoms with E-state index in [0.717, 1.165) is 44.5 Å². The highest BCUT2D eigenvalue weighted by Gasteiger charge is 2.10. The highest BCUT2D eigenvalue weighted by atomic mass is 19.1.